The van der Waals surface area contributed by atoms with Gasteiger partial charge < -0.3 is 10.6 Å². The summed E-state index contributed by atoms with van der Waals surface area (Å²) in [5.41, 5.74) is 0.860. The molecule has 0 aliphatic carbocycles. The summed E-state index contributed by atoms with van der Waals surface area (Å²) >= 11 is 7.10. The van der Waals surface area contributed by atoms with Gasteiger partial charge in [0, 0.05) is 30.7 Å². The van der Waals surface area contributed by atoms with Gasteiger partial charge in [0.25, 0.3) is 0 Å². The molecule has 2 heterocycles. The molecule has 4 nitrogen and oxygen atoms in total. The summed E-state index contributed by atoms with van der Waals surface area (Å²) in [6.45, 7) is 2.86. The molecule has 0 spiro atoms. The molecule has 6 heteroatoms. The molecule has 2 rings (SSSR count). The van der Waals surface area contributed by atoms with Gasteiger partial charge in [0.15, 0.2) is 0 Å². The Morgan fingerprint density at radius 1 is 1.69 bits per heavy atom. The van der Waals surface area contributed by atoms with E-state index < -0.39 is 0 Å². The number of rotatable bonds is 3. The molecule has 13 heavy (non-hydrogen) atoms. The number of nitrogens with zero attached hydrogens (tertiary/aromatic N) is 2. The second-order valence-corrected chi connectivity index (χ2v) is 4.42. The first kappa shape index (κ1) is 9.33. The fraction of sp³-hybridized carbons (Fsp3) is 0.714. The maximum Gasteiger partial charge on any atom is 0.138 e. The molecular formula is C7H11ClN4S. The molecule has 1 saturated heterocycles. The van der Waals surface area contributed by atoms with Crippen molar-refractivity contribution in [2.75, 3.05) is 13.1 Å². The average Bonchev–Trinajstić information content (AvgIpc) is 2.72. The van der Waals surface area contributed by atoms with Crippen LogP contribution in [0.15, 0.2) is 0 Å². The van der Waals surface area contributed by atoms with Crippen molar-refractivity contribution in [3.63, 3.8) is 0 Å². The normalized spacial score (nSPS) is 22.4. The molecule has 1 aliphatic heterocycles. The highest BCUT2D eigenvalue weighted by Crippen LogP contribution is 2.16. The molecule has 0 saturated carbocycles. The summed E-state index contributed by atoms with van der Waals surface area (Å²) in [6.07, 6.45) is 1.18. The van der Waals surface area contributed by atoms with Crippen LogP contribution in [0.4, 0.5) is 0 Å². The molecular weight excluding hydrogens is 208 g/mol. The highest BCUT2D eigenvalue weighted by atomic mass is 35.5. The first-order valence-corrected chi connectivity index (χ1v) is 5.42. The lowest BCUT2D eigenvalue weighted by Crippen LogP contribution is -2.30. The largest absolute Gasteiger partial charge is 0.315 e. The molecule has 1 aromatic heterocycles. The topological polar surface area (TPSA) is 49.8 Å². The molecule has 0 amide bonds. The van der Waals surface area contributed by atoms with Gasteiger partial charge in [-0.3, -0.25) is 0 Å². The fourth-order valence-electron chi connectivity index (χ4n) is 1.37. The predicted molar refractivity (Wildman–Crippen MR) is 53.0 cm³/mol. The summed E-state index contributed by atoms with van der Waals surface area (Å²) < 4.78 is 4.46. The third-order valence-corrected chi connectivity index (χ3v) is 3.11. The van der Waals surface area contributed by atoms with Gasteiger partial charge in [0.05, 0.1) is 0 Å². The second-order valence-electron chi connectivity index (χ2n) is 3.06. The van der Waals surface area contributed by atoms with Gasteiger partial charge in [-0.05, 0) is 13.0 Å². The SMILES string of the molecule is Clc1snnc1CNC1CCNC1. The monoisotopic (exact) mass is 218 g/mol. The molecule has 72 valence electrons. The third kappa shape index (κ3) is 2.37. The second kappa shape index (κ2) is 4.32. The summed E-state index contributed by atoms with van der Waals surface area (Å²) in [7, 11) is 0. The van der Waals surface area contributed by atoms with Crippen molar-refractivity contribution in [2.24, 2.45) is 0 Å². The Labute approximate surface area is 85.8 Å². The highest BCUT2D eigenvalue weighted by Gasteiger charge is 2.14. The zero-order chi connectivity index (χ0) is 9.10. The van der Waals surface area contributed by atoms with E-state index in [1.165, 1.54) is 18.0 Å². The first-order valence-electron chi connectivity index (χ1n) is 4.27. The van der Waals surface area contributed by atoms with Crippen molar-refractivity contribution in [3.8, 4) is 0 Å². The van der Waals surface area contributed by atoms with E-state index >= 15 is 0 Å². The van der Waals surface area contributed by atoms with Crippen molar-refractivity contribution in [1.29, 1.82) is 0 Å². The van der Waals surface area contributed by atoms with Crippen LogP contribution in [0.2, 0.25) is 4.34 Å². The van der Waals surface area contributed by atoms with E-state index in [0.29, 0.717) is 10.4 Å². The summed E-state index contributed by atoms with van der Waals surface area (Å²) in [5, 5.41) is 10.6. The van der Waals surface area contributed by atoms with Crippen LogP contribution < -0.4 is 10.6 Å². The third-order valence-electron chi connectivity index (χ3n) is 2.13. The maximum atomic E-state index is 5.86. The van der Waals surface area contributed by atoms with Gasteiger partial charge in [0.1, 0.15) is 10.0 Å². The lowest BCUT2D eigenvalue weighted by molar-refractivity contribution is 0.541. The van der Waals surface area contributed by atoms with E-state index in [-0.39, 0.29) is 0 Å². The van der Waals surface area contributed by atoms with E-state index in [1.54, 1.807) is 0 Å². The van der Waals surface area contributed by atoms with Gasteiger partial charge >= 0.3 is 0 Å². The zero-order valence-electron chi connectivity index (χ0n) is 7.09. The smallest absolute Gasteiger partial charge is 0.138 e. The Kier molecular flexibility index (Phi) is 3.10. The Bertz CT molecular complexity index is 271. The minimum Gasteiger partial charge on any atom is -0.315 e. The quantitative estimate of drug-likeness (QED) is 0.782. The van der Waals surface area contributed by atoms with Crippen LogP contribution in [0.25, 0.3) is 0 Å². The van der Waals surface area contributed by atoms with E-state index in [4.69, 9.17) is 11.6 Å². The van der Waals surface area contributed by atoms with Crippen molar-refractivity contribution in [1.82, 2.24) is 20.2 Å². The van der Waals surface area contributed by atoms with Crippen LogP contribution >= 0.6 is 23.1 Å². The summed E-state index contributed by atoms with van der Waals surface area (Å²) in [6, 6.07) is 0.553. The van der Waals surface area contributed by atoms with Crippen molar-refractivity contribution < 1.29 is 0 Å². The molecule has 1 aromatic rings. The summed E-state index contributed by atoms with van der Waals surface area (Å²) in [5.74, 6) is 0. The minimum absolute atomic E-state index is 0.553. The van der Waals surface area contributed by atoms with Crippen LogP contribution in [-0.4, -0.2) is 28.7 Å². The summed E-state index contributed by atoms with van der Waals surface area (Å²) in [4.78, 5) is 0. The van der Waals surface area contributed by atoms with E-state index in [0.717, 1.165) is 25.3 Å². The maximum absolute atomic E-state index is 5.86. The minimum atomic E-state index is 0.553. The van der Waals surface area contributed by atoms with Crippen molar-refractivity contribution in [2.45, 2.75) is 19.0 Å². The molecule has 1 fully saturated rings. The number of hydrogen-bond acceptors (Lipinski definition) is 5. The molecule has 0 aromatic carbocycles. The van der Waals surface area contributed by atoms with Crippen LogP contribution in [0.3, 0.4) is 0 Å². The van der Waals surface area contributed by atoms with Crippen LogP contribution in [-0.2, 0) is 6.54 Å². The van der Waals surface area contributed by atoms with E-state index in [2.05, 4.69) is 20.2 Å². The molecule has 0 bridgehead atoms. The average molecular weight is 219 g/mol. The van der Waals surface area contributed by atoms with Crippen LogP contribution in [0, 0.1) is 0 Å². The lowest BCUT2D eigenvalue weighted by atomic mass is 10.2. The molecule has 1 atom stereocenters. The number of aromatic nitrogens is 2. The first-order chi connectivity index (χ1) is 6.36. The van der Waals surface area contributed by atoms with E-state index in [1.807, 2.05) is 0 Å². The van der Waals surface area contributed by atoms with Crippen LogP contribution in [0.5, 0.6) is 0 Å². The van der Waals surface area contributed by atoms with Gasteiger partial charge in [-0.15, -0.1) is 5.10 Å². The molecule has 1 unspecified atom stereocenters. The Morgan fingerprint density at radius 2 is 2.62 bits per heavy atom. The number of halogens is 1. The Balaban J connectivity index is 1.82. The number of nitrogens with one attached hydrogen (secondary N) is 2. The van der Waals surface area contributed by atoms with Crippen LogP contribution in [0.1, 0.15) is 12.1 Å². The fourth-order valence-corrected chi connectivity index (χ4v) is 2.00. The van der Waals surface area contributed by atoms with Gasteiger partial charge in [0.2, 0.25) is 0 Å². The van der Waals surface area contributed by atoms with Crippen molar-refractivity contribution in [3.05, 3.63) is 10.0 Å². The standard InChI is InChI=1S/C7H11ClN4S/c8-7-6(11-12-13-7)4-10-5-1-2-9-3-5/h5,9-10H,1-4H2. The highest BCUT2D eigenvalue weighted by molar-refractivity contribution is 7.10. The Hall–Kier alpha value is -0.230. The molecule has 0 radical (unpaired) electrons. The van der Waals surface area contributed by atoms with Gasteiger partial charge in [-0.25, -0.2) is 0 Å². The molecule has 2 N–H and O–H groups in total. The van der Waals surface area contributed by atoms with E-state index in [9.17, 15) is 0 Å². The Morgan fingerprint density at radius 3 is 3.23 bits per heavy atom. The lowest BCUT2D eigenvalue weighted by Gasteiger charge is -2.08. The van der Waals surface area contributed by atoms with Gasteiger partial charge in [-0.2, -0.15) is 0 Å². The number of hydrogen-bond donors (Lipinski definition) is 2. The van der Waals surface area contributed by atoms with Crippen molar-refractivity contribution >= 4 is 23.1 Å². The molecule has 1 aliphatic rings. The zero-order valence-corrected chi connectivity index (χ0v) is 8.66. The predicted octanol–water partition coefficient (Wildman–Crippen LogP) is 0.643. The van der Waals surface area contributed by atoms with Gasteiger partial charge in [-0.1, -0.05) is 16.1 Å².